The summed E-state index contributed by atoms with van der Waals surface area (Å²) < 4.78 is 0. The van der Waals surface area contributed by atoms with E-state index in [1.807, 2.05) is 0 Å². The molecule has 0 saturated heterocycles. The maximum atomic E-state index is 9.01. The van der Waals surface area contributed by atoms with Gasteiger partial charge in [0, 0.05) is 0 Å². The van der Waals surface area contributed by atoms with Gasteiger partial charge in [-0.3, -0.25) is 0 Å². The van der Waals surface area contributed by atoms with Crippen LogP contribution in [0, 0.1) is 0 Å². The van der Waals surface area contributed by atoms with E-state index in [1.165, 1.54) is 0 Å². The summed E-state index contributed by atoms with van der Waals surface area (Å²) >= 11 is 11.4. The van der Waals surface area contributed by atoms with Crippen LogP contribution in [0.1, 0.15) is 0 Å². The van der Waals surface area contributed by atoms with Crippen LogP contribution in [-0.2, 0) is 0 Å². The van der Waals surface area contributed by atoms with Gasteiger partial charge in [0.1, 0.15) is 0 Å². The first-order valence-electron chi connectivity index (χ1n) is 3.25. The number of halogens is 2. The molecular formula is C7H4Cl2N2O. The Balaban J connectivity index is 2.80. The maximum Gasteiger partial charge on any atom is 0.244 e. The third-order valence-corrected chi connectivity index (χ3v) is 2.25. The van der Waals surface area contributed by atoms with E-state index in [-0.39, 0.29) is 0 Å². The lowest BCUT2D eigenvalue weighted by Crippen LogP contribution is -2.20. The molecule has 1 aliphatic heterocycles. The number of aliphatic hydroxyl groups is 1. The molecule has 0 saturated carbocycles. The summed E-state index contributed by atoms with van der Waals surface area (Å²) in [7, 11) is 0. The molecule has 0 spiro atoms. The molecule has 3 nitrogen and oxygen atoms in total. The predicted octanol–water partition coefficient (Wildman–Crippen LogP) is 0.522. The minimum Gasteiger partial charge on any atom is -0.354 e. The maximum absolute atomic E-state index is 9.01. The Labute approximate surface area is 78.0 Å². The van der Waals surface area contributed by atoms with Gasteiger partial charge in [-0.2, -0.15) is 0 Å². The molecule has 0 aromatic heterocycles. The van der Waals surface area contributed by atoms with Gasteiger partial charge < -0.3 is 5.11 Å². The average Bonchev–Trinajstić information content (AvgIpc) is 2.30. The van der Waals surface area contributed by atoms with Crippen molar-refractivity contribution < 1.29 is 5.11 Å². The van der Waals surface area contributed by atoms with Crippen molar-refractivity contribution >= 4 is 23.2 Å². The van der Waals surface area contributed by atoms with E-state index in [1.54, 1.807) is 12.1 Å². The number of fused-ring (bicyclic) bond motifs is 1. The molecular weight excluding hydrogens is 199 g/mol. The second-order valence-corrected chi connectivity index (χ2v) is 3.17. The highest BCUT2D eigenvalue weighted by molar-refractivity contribution is 6.41. The van der Waals surface area contributed by atoms with Gasteiger partial charge in [0.05, 0.1) is 20.8 Å². The highest BCUT2D eigenvalue weighted by Gasteiger charge is 2.07. The Morgan fingerprint density at radius 1 is 1.08 bits per heavy atom. The van der Waals surface area contributed by atoms with Crippen molar-refractivity contribution in [1.82, 2.24) is 0 Å². The monoisotopic (exact) mass is 202 g/mol. The Kier molecular flexibility index (Phi) is 1.79. The fourth-order valence-corrected chi connectivity index (χ4v) is 1.33. The number of rotatable bonds is 0. The molecule has 12 heavy (non-hydrogen) atoms. The van der Waals surface area contributed by atoms with E-state index < -0.39 is 6.35 Å². The fourth-order valence-electron chi connectivity index (χ4n) is 1.01. The normalized spacial score (nSPS) is 15.2. The minimum atomic E-state index is -1.01. The van der Waals surface area contributed by atoms with E-state index in [9.17, 15) is 0 Å². The van der Waals surface area contributed by atoms with E-state index >= 15 is 0 Å². The van der Waals surface area contributed by atoms with Crippen LogP contribution in [0.2, 0.25) is 10.0 Å². The van der Waals surface area contributed by atoms with Gasteiger partial charge in [-0.15, -0.1) is 0 Å². The molecule has 1 aromatic rings. The number of aliphatic hydroxyl groups excluding tert-OH is 1. The summed E-state index contributed by atoms with van der Waals surface area (Å²) in [5, 5.41) is 11.0. The van der Waals surface area contributed by atoms with Crippen LogP contribution >= 0.6 is 23.2 Å². The van der Waals surface area contributed by atoms with Crippen molar-refractivity contribution in [2.24, 2.45) is 9.98 Å². The number of benzene rings is 1. The molecule has 1 aliphatic rings. The van der Waals surface area contributed by atoms with Crippen LogP contribution in [0.5, 0.6) is 0 Å². The second-order valence-electron chi connectivity index (χ2n) is 2.36. The first-order valence-corrected chi connectivity index (χ1v) is 4.01. The van der Waals surface area contributed by atoms with E-state index in [0.29, 0.717) is 20.8 Å². The van der Waals surface area contributed by atoms with Crippen LogP contribution in [0.25, 0.3) is 0 Å². The molecule has 62 valence electrons. The lowest BCUT2D eigenvalue weighted by molar-refractivity contribution is 0.193. The summed E-state index contributed by atoms with van der Waals surface area (Å²) in [6.07, 6.45) is -1.01. The standard InChI is InChI=1S/C7H4Cl2N2O/c8-3-1-5-6(2-4(3)9)11-7(12)10-5/h1-2,7,12H. The topological polar surface area (TPSA) is 45.0 Å². The van der Waals surface area contributed by atoms with Crippen LogP contribution < -0.4 is 10.7 Å². The van der Waals surface area contributed by atoms with Crippen molar-refractivity contribution in [3.05, 3.63) is 32.9 Å². The van der Waals surface area contributed by atoms with Crippen LogP contribution in [0.3, 0.4) is 0 Å². The lowest BCUT2D eigenvalue weighted by Gasteiger charge is -1.90. The van der Waals surface area contributed by atoms with Crippen LogP contribution in [0.4, 0.5) is 0 Å². The number of hydrogen-bond donors (Lipinski definition) is 1. The molecule has 5 heteroatoms. The highest BCUT2D eigenvalue weighted by Crippen LogP contribution is 2.17. The molecule has 0 fully saturated rings. The van der Waals surface area contributed by atoms with E-state index in [2.05, 4.69) is 9.98 Å². The molecule has 1 N–H and O–H groups in total. The Morgan fingerprint density at radius 2 is 1.50 bits per heavy atom. The summed E-state index contributed by atoms with van der Waals surface area (Å²) in [6, 6.07) is 3.16. The van der Waals surface area contributed by atoms with Gasteiger partial charge in [0.2, 0.25) is 6.35 Å². The highest BCUT2D eigenvalue weighted by atomic mass is 35.5. The van der Waals surface area contributed by atoms with E-state index in [4.69, 9.17) is 28.3 Å². The van der Waals surface area contributed by atoms with Gasteiger partial charge in [-0.05, 0) is 12.1 Å². The zero-order chi connectivity index (χ0) is 8.72. The lowest BCUT2D eigenvalue weighted by atomic mass is 10.3. The van der Waals surface area contributed by atoms with E-state index in [0.717, 1.165) is 0 Å². The molecule has 0 aliphatic carbocycles. The first kappa shape index (κ1) is 7.98. The third-order valence-electron chi connectivity index (χ3n) is 1.53. The van der Waals surface area contributed by atoms with Crippen molar-refractivity contribution in [1.29, 1.82) is 0 Å². The van der Waals surface area contributed by atoms with Gasteiger partial charge in [0.15, 0.2) is 0 Å². The summed E-state index contributed by atoms with van der Waals surface area (Å²) in [5.41, 5.74) is 0. The predicted molar refractivity (Wildman–Crippen MR) is 44.8 cm³/mol. The summed E-state index contributed by atoms with van der Waals surface area (Å²) in [6.45, 7) is 0. The summed E-state index contributed by atoms with van der Waals surface area (Å²) in [5.74, 6) is 0. The summed E-state index contributed by atoms with van der Waals surface area (Å²) in [4.78, 5) is 7.60. The fraction of sp³-hybridized carbons (Fsp3) is 0.143. The number of hydrogen-bond acceptors (Lipinski definition) is 3. The molecule has 0 amide bonds. The molecule has 1 heterocycles. The zero-order valence-corrected chi connectivity index (χ0v) is 7.34. The first-order chi connectivity index (χ1) is 5.66. The molecule has 0 radical (unpaired) electrons. The van der Waals surface area contributed by atoms with Crippen LogP contribution in [-0.4, -0.2) is 11.5 Å². The molecule has 0 atom stereocenters. The minimum absolute atomic E-state index is 0.420. The third kappa shape index (κ3) is 1.20. The Hall–Kier alpha value is -0.640. The van der Waals surface area contributed by atoms with Crippen molar-refractivity contribution in [2.75, 3.05) is 0 Å². The smallest absolute Gasteiger partial charge is 0.244 e. The Morgan fingerprint density at radius 3 is 1.92 bits per heavy atom. The average molecular weight is 203 g/mol. The van der Waals surface area contributed by atoms with Gasteiger partial charge >= 0.3 is 0 Å². The van der Waals surface area contributed by atoms with Gasteiger partial charge in [0.25, 0.3) is 0 Å². The molecule has 1 aromatic carbocycles. The SMILES string of the molecule is OC1N=c2cc(Cl)c(Cl)cc2=N1. The zero-order valence-electron chi connectivity index (χ0n) is 5.83. The molecule has 2 rings (SSSR count). The van der Waals surface area contributed by atoms with Crippen molar-refractivity contribution in [3.8, 4) is 0 Å². The largest absolute Gasteiger partial charge is 0.354 e. The van der Waals surface area contributed by atoms with Gasteiger partial charge in [-0.1, -0.05) is 23.2 Å². The molecule has 0 unspecified atom stereocenters. The second kappa shape index (κ2) is 2.69. The van der Waals surface area contributed by atoms with Crippen molar-refractivity contribution in [2.45, 2.75) is 6.35 Å². The molecule has 0 bridgehead atoms. The number of nitrogens with zero attached hydrogens (tertiary/aromatic N) is 2. The Bertz CT molecular complexity index is 402. The van der Waals surface area contributed by atoms with Gasteiger partial charge in [-0.25, -0.2) is 9.98 Å². The quantitative estimate of drug-likeness (QED) is 0.656. The van der Waals surface area contributed by atoms with Crippen molar-refractivity contribution in [3.63, 3.8) is 0 Å². The van der Waals surface area contributed by atoms with Crippen LogP contribution in [0.15, 0.2) is 22.1 Å².